The number of carbonyl (C=O) groups is 1. The highest BCUT2D eigenvalue weighted by atomic mass is 16.4. The van der Waals surface area contributed by atoms with Gasteiger partial charge in [-0.05, 0) is 25.5 Å². The number of rotatable bonds is 5. The molecule has 1 unspecified atom stereocenters. The van der Waals surface area contributed by atoms with Gasteiger partial charge in [-0.2, -0.15) is 0 Å². The summed E-state index contributed by atoms with van der Waals surface area (Å²) in [5, 5.41) is 17.2. The highest BCUT2D eigenvalue weighted by Crippen LogP contribution is 2.01. The van der Waals surface area contributed by atoms with Gasteiger partial charge in [0.1, 0.15) is 0 Å². The van der Waals surface area contributed by atoms with Crippen LogP contribution < -0.4 is 0 Å². The summed E-state index contributed by atoms with van der Waals surface area (Å²) in [4.78, 5) is 10.2. The fourth-order valence-corrected chi connectivity index (χ4v) is 1.27. The van der Waals surface area contributed by atoms with Gasteiger partial charge in [-0.3, -0.25) is 0 Å². The van der Waals surface area contributed by atoms with Crippen molar-refractivity contribution in [2.75, 3.05) is 0 Å². The number of aromatic carboxylic acids is 1. The second-order valence-electron chi connectivity index (χ2n) is 4.02. The van der Waals surface area contributed by atoms with Crippen LogP contribution in [0, 0.1) is 0 Å². The van der Waals surface area contributed by atoms with Crippen LogP contribution in [0.3, 0.4) is 0 Å². The molecule has 0 aliphatic carbocycles. The van der Waals surface area contributed by atoms with E-state index in [4.69, 9.17) is 10.2 Å². The number of carboxylic acid groups (broad SMARTS) is 1. The van der Waals surface area contributed by atoms with E-state index in [2.05, 4.69) is 6.92 Å². The Balaban J connectivity index is 0.000000304. The molecule has 1 aromatic rings. The summed E-state index contributed by atoms with van der Waals surface area (Å²) < 4.78 is 0. The molecule has 0 fully saturated rings. The summed E-state index contributed by atoms with van der Waals surface area (Å²) in [5.74, 6) is -0.879. The summed E-state index contributed by atoms with van der Waals surface area (Å²) in [6, 6.07) is 8.30. The Bertz CT molecular complexity index is 294. The van der Waals surface area contributed by atoms with Gasteiger partial charge in [0.25, 0.3) is 0 Å². The molecular weight excluding hydrogens is 216 g/mol. The Labute approximate surface area is 103 Å². The fourth-order valence-electron chi connectivity index (χ4n) is 1.27. The van der Waals surface area contributed by atoms with E-state index in [-0.39, 0.29) is 6.10 Å². The van der Waals surface area contributed by atoms with Gasteiger partial charge in [-0.15, -0.1) is 0 Å². The topological polar surface area (TPSA) is 57.5 Å². The molecule has 0 heterocycles. The Morgan fingerprint density at radius 1 is 1.24 bits per heavy atom. The maximum atomic E-state index is 10.2. The standard InChI is InChI=1S/C7H6O2.C7H16O/c8-7(9)6-4-2-1-3-5-6;1-3-4-5-6-7(2)8/h1-5H,(H,8,9);7-8H,3-6H2,1-2H3. The third-order valence-corrected chi connectivity index (χ3v) is 2.25. The minimum atomic E-state index is -0.879. The largest absolute Gasteiger partial charge is 0.478 e. The monoisotopic (exact) mass is 238 g/mol. The lowest BCUT2D eigenvalue weighted by atomic mass is 10.1. The summed E-state index contributed by atoms with van der Waals surface area (Å²) in [6.45, 7) is 4.01. The van der Waals surface area contributed by atoms with E-state index in [0.29, 0.717) is 5.56 Å². The van der Waals surface area contributed by atoms with Crippen LogP contribution in [0.1, 0.15) is 49.9 Å². The normalized spacial score (nSPS) is 11.2. The third-order valence-electron chi connectivity index (χ3n) is 2.25. The minimum Gasteiger partial charge on any atom is -0.478 e. The van der Waals surface area contributed by atoms with Gasteiger partial charge in [-0.1, -0.05) is 44.4 Å². The van der Waals surface area contributed by atoms with E-state index >= 15 is 0 Å². The van der Waals surface area contributed by atoms with Crippen LogP contribution in [0.4, 0.5) is 0 Å². The van der Waals surface area contributed by atoms with Crippen LogP contribution in [0.15, 0.2) is 30.3 Å². The zero-order chi connectivity index (χ0) is 13.1. The van der Waals surface area contributed by atoms with Gasteiger partial charge >= 0.3 is 5.97 Å². The summed E-state index contributed by atoms with van der Waals surface area (Å²) in [5.41, 5.74) is 0.331. The first-order valence-corrected chi connectivity index (χ1v) is 6.04. The maximum Gasteiger partial charge on any atom is 0.335 e. The maximum absolute atomic E-state index is 10.2. The number of aliphatic hydroxyl groups excluding tert-OH is 1. The van der Waals surface area contributed by atoms with Crippen LogP contribution in [-0.4, -0.2) is 22.3 Å². The Hall–Kier alpha value is -1.35. The number of hydrogen-bond donors (Lipinski definition) is 2. The van der Waals surface area contributed by atoms with Crippen molar-refractivity contribution < 1.29 is 15.0 Å². The van der Waals surface area contributed by atoms with Crippen molar-refractivity contribution in [1.82, 2.24) is 0 Å². The summed E-state index contributed by atoms with van der Waals surface area (Å²) in [6.07, 6.45) is 4.54. The highest BCUT2D eigenvalue weighted by molar-refractivity contribution is 5.87. The average molecular weight is 238 g/mol. The Morgan fingerprint density at radius 3 is 2.18 bits per heavy atom. The van der Waals surface area contributed by atoms with Crippen molar-refractivity contribution in [2.45, 2.75) is 45.6 Å². The zero-order valence-electron chi connectivity index (χ0n) is 10.6. The van der Waals surface area contributed by atoms with E-state index in [9.17, 15) is 4.79 Å². The fraction of sp³-hybridized carbons (Fsp3) is 0.500. The van der Waals surface area contributed by atoms with E-state index < -0.39 is 5.97 Å². The second kappa shape index (κ2) is 9.85. The lowest BCUT2D eigenvalue weighted by molar-refractivity contribution is 0.0697. The molecule has 1 rings (SSSR count). The molecule has 1 atom stereocenters. The van der Waals surface area contributed by atoms with Crippen molar-refractivity contribution >= 4 is 5.97 Å². The molecule has 96 valence electrons. The lowest BCUT2D eigenvalue weighted by Crippen LogP contribution is -1.97. The van der Waals surface area contributed by atoms with E-state index in [0.717, 1.165) is 6.42 Å². The van der Waals surface area contributed by atoms with Crippen molar-refractivity contribution in [3.05, 3.63) is 35.9 Å². The third kappa shape index (κ3) is 9.57. The van der Waals surface area contributed by atoms with Crippen LogP contribution in [0.2, 0.25) is 0 Å². The van der Waals surface area contributed by atoms with Gasteiger partial charge in [0.2, 0.25) is 0 Å². The molecule has 0 aromatic heterocycles. The molecule has 2 N–H and O–H groups in total. The number of benzene rings is 1. The quantitative estimate of drug-likeness (QED) is 0.773. The van der Waals surface area contributed by atoms with E-state index in [1.807, 2.05) is 6.92 Å². The Morgan fingerprint density at radius 2 is 1.82 bits per heavy atom. The van der Waals surface area contributed by atoms with E-state index in [1.165, 1.54) is 19.3 Å². The lowest BCUT2D eigenvalue weighted by Gasteiger charge is -2.00. The van der Waals surface area contributed by atoms with Gasteiger partial charge < -0.3 is 10.2 Å². The van der Waals surface area contributed by atoms with Crippen molar-refractivity contribution in [1.29, 1.82) is 0 Å². The number of carboxylic acids is 1. The smallest absolute Gasteiger partial charge is 0.335 e. The first-order chi connectivity index (χ1) is 8.07. The summed E-state index contributed by atoms with van der Waals surface area (Å²) >= 11 is 0. The second-order valence-corrected chi connectivity index (χ2v) is 4.02. The first kappa shape index (κ1) is 15.7. The minimum absolute atomic E-state index is 0.0958. The molecule has 0 saturated carbocycles. The summed E-state index contributed by atoms with van der Waals surface area (Å²) in [7, 11) is 0. The van der Waals surface area contributed by atoms with Crippen LogP contribution in [0.25, 0.3) is 0 Å². The molecule has 3 heteroatoms. The molecular formula is C14H22O3. The van der Waals surface area contributed by atoms with E-state index in [1.54, 1.807) is 30.3 Å². The van der Waals surface area contributed by atoms with Crippen LogP contribution in [-0.2, 0) is 0 Å². The molecule has 3 nitrogen and oxygen atoms in total. The highest BCUT2D eigenvalue weighted by Gasteiger charge is 1.96. The predicted octanol–water partition coefficient (Wildman–Crippen LogP) is 3.33. The van der Waals surface area contributed by atoms with Crippen molar-refractivity contribution in [2.24, 2.45) is 0 Å². The van der Waals surface area contributed by atoms with Gasteiger partial charge in [0.15, 0.2) is 0 Å². The SMILES string of the molecule is CCCCCC(C)O.O=C(O)c1ccccc1. The molecule has 17 heavy (non-hydrogen) atoms. The first-order valence-electron chi connectivity index (χ1n) is 6.04. The number of unbranched alkanes of at least 4 members (excludes halogenated alkanes) is 2. The molecule has 0 amide bonds. The molecule has 0 aliphatic rings. The zero-order valence-corrected chi connectivity index (χ0v) is 10.6. The number of hydrogen-bond acceptors (Lipinski definition) is 2. The number of aliphatic hydroxyl groups is 1. The van der Waals surface area contributed by atoms with Crippen molar-refractivity contribution in [3.63, 3.8) is 0 Å². The Kier molecular flexibility index (Phi) is 9.06. The van der Waals surface area contributed by atoms with Gasteiger partial charge in [0.05, 0.1) is 11.7 Å². The van der Waals surface area contributed by atoms with Gasteiger partial charge in [0, 0.05) is 0 Å². The molecule has 1 aromatic carbocycles. The molecule has 0 radical (unpaired) electrons. The molecule has 0 bridgehead atoms. The molecule has 0 saturated heterocycles. The average Bonchev–Trinajstić information content (AvgIpc) is 2.31. The van der Waals surface area contributed by atoms with Crippen molar-refractivity contribution in [3.8, 4) is 0 Å². The molecule has 0 spiro atoms. The molecule has 0 aliphatic heterocycles. The van der Waals surface area contributed by atoms with Crippen LogP contribution in [0.5, 0.6) is 0 Å². The predicted molar refractivity (Wildman–Crippen MR) is 69.2 cm³/mol. The van der Waals surface area contributed by atoms with Crippen LogP contribution >= 0.6 is 0 Å². The van der Waals surface area contributed by atoms with Gasteiger partial charge in [-0.25, -0.2) is 4.79 Å².